The number of pyridine rings is 1. The molecule has 0 aliphatic carbocycles. The summed E-state index contributed by atoms with van der Waals surface area (Å²) in [5.74, 6) is -1.40. The van der Waals surface area contributed by atoms with Crippen LogP contribution in [0.25, 0.3) is 0 Å². The van der Waals surface area contributed by atoms with Gasteiger partial charge in [-0.15, -0.1) is 0 Å². The summed E-state index contributed by atoms with van der Waals surface area (Å²) in [5, 5.41) is 0. The Morgan fingerprint density at radius 1 is 1.42 bits per heavy atom. The minimum Gasteiger partial charge on any atom is -0.465 e. The largest absolute Gasteiger partial charge is 0.514 e. The van der Waals surface area contributed by atoms with Crippen LogP contribution in [0.5, 0.6) is 0 Å². The van der Waals surface area contributed by atoms with E-state index in [0.29, 0.717) is 0 Å². The van der Waals surface area contributed by atoms with Crippen LogP contribution in [-0.4, -0.2) is 36.3 Å². The van der Waals surface area contributed by atoms with Gasteiger partial charge in [0.2, 0.25) is 0 Å². The van der Waals surface area contributed by atoms with Crippen LogP contribution in [0.4, 0.5) is 0 Å². The van der Waals surface area contributed by atoms with E-state index < -0.39 is 55.1 Å². The molecule has 0 saturated carbocycles. The molecule has 2 rings (SSSR count). The van der Waals surface area contributed by atoms with E-state index >= 15 is 0 Å². The Morgan fingerprint density at radius 3 is 2.63 bits per heavy atom. The van der Waals surface area contributed by atoms with Crippen molar-refractivity contribution in [1.29, 1.82) is 0 Å². The summed E-state index contributed by atoms with van der Waals surface area (Å²) in [6.45, 7) is 7.11. The molecular formula is C13H18BNO4. The number of nitrogens with zero attached hydrogens (tertiary/aromatic N) is 1. The number of carbonyl (C=O) groups excluding carboxylic acids is 1. The lowest BCUT2D eigenvalue weighted by Crippen LogP contribution is -2.41. The molecule has 0 bridgehead atoms. The van der Waals surface area contributed by atoms with Gasteiger partial charge < -0.3 is 14.0 Å². The van der Waals surface area contributed by atoms with Gasteiger partial charge in [-0.05, 0) is 39.8 Å². The van der Waals surface area contributed by atoms with Gasteiger partial charge in [0.1, 0.15) is 0 Å². The number of esters is 1. The molecule has 0 amide bonds. The Hall–Kier alpha value is -1.40. The Morgan fingerprint density at radius 2 is 2.05 bits per heavy atom. The van der Waals surface area contributed by atoms with Gasteiger partial charge in [-0.2, -0.15) is 0 Å². The first-order valence-corrected chi connectivity index (χ1v) is 5.73. The van der Waals surface area contributed by atoms with E-state index in [0.717, 1.165) is 0 Å². The molecule has 0 N–H and O–H groups in total. The minimum absolute atomic E-state index is 0.183. The highest BCUT2D eigenvalue weighted by molar-refractivity contribution is 6.61. The molecule has 0 radical (unpaired) electrons. The van der Waals surface area contributed by atoms with Gasteiger partial charge in [0.15, 0.2) is 0 Å². The van der Waals surface area contributed by atoms with Crippen molar-refractivity contribution in [2.45, 2.75) is 38.9 Å². The average molecular weight is 269 g/mol. The van der Waals surface area contributed by atoms with Crippen molar-refractivity contribution in [3.05, 3.63) is 23.8 Å². The molecule has 5 nitrogen and oxygen atoms in total. The lowest BCUT2D eigenvalue weighted by Gasteiger charge is -2.32. The molecule has 0 unspecified atom stereocenters. The van der Waals surface area contributed by atoms with Crippen molar-refractivity contribution in [3.63, 3.8) is 0 Å². The lowest BCUT2D eigenvalue weighted by atomic mass is 9.83. The van der Waals surface area contributed by atoms with Crippen LogP contribution in [-0.2, 0) is 14.0 Å². The molecule has 1 aliphatic rings. The average Bonchev–Trinajstić information content (AvgIpc) is 2.60. The molecular weight excluding hydrogens is 245 g/mol. The van der Waals surface area contributed by atoms with Gasteiger partial charge >= 0.3 is 13.1 Å². The molecule has 0 atom stereocenters. The third kappa shape index (κ3) is 2.50. The summed E-state index contributed by atoms with van der Waals surface area (Å²) in [6.07, 6.45) is -0.613. The second kappa shape index (κ2) is 4.61. The third-order valence-electron chi connectivity index (χ3n) is 3.38. The summed E-state index contributed by atoms with van der Waals surface area (Å²) in [6, 6.07) is -1.26. The van der Waals surface area contributed by atoms with Crippen LogP contribution in [0.2, 0.25) is 0 Å². The summed E-state index contributed by atoms with van der Waals surface area (Å²) in [5.41, 5.74) is -2.34. The molecule has 2 heterocycles. The molecule has 6 heteroatoms. The van der Waals surface area contributed by atoms with Crippen LogP contribution in [0, 0.1) is 0 Å². The highest BCUT2D eigenvalue weighted by atomic mass is 16.7. The van der Waals surface area contributed by atoms with Gasteiger partial charge in [-0.25, -0.2) is 4.79 Å². The van der Waals surface area contributed by atoms with Crippen molar-refractivity contribution in [1.82, 2.24) is 4.98 Å². The van der Waals surface area contributed by atoms with E-state index in [1.807, 2.05) is 0 Å². The molecule has 1 aromatic heterocycles. The van der Waals surface area contributed by atoms with Crippen LogP contribution in [0.3, 0.4) is 0 Å². The van der Waals surface area contributed by atoms with Gasteiger partial charge in [0.05, 0.1) is 37.6 Å². The number of rotatable bonds is 2. The Labute approximate surface area is 121 Å². The summed E-state index contributed by atoms with van der Waals surface area (Å²) in [7, 11) is -4.17. The van der Waals surface area contributed by atoms with Crippen molar-refractivity contribution in [3.8, 4) is 0 Å². The molecule has 102 valence electrons. The van der Waals surface area contributed by atoms with E-state index in [1.165, 1.54) is 0 Å². The highest BCUT2D eigenvalue weighted by Gasteiger charge is 2.52. The van der Waals surface area contributed by atoms with Crippen molar-refractivity contribution in [2.75, 3.05) is 7.04 Å². The smallest absolute Gasteiger partial charge is 0.465 e. The van der Waals surface area contributed by atoms with E-state index in [9.17, 15) is 4.79 Å². The summed E-state index contributed by atoms with van der Waals surface area (Å²) in [4.78, 5) is 15.9. The fraction of sp³-hybridized carbons (Fsp3) is 0.538. The molecule has 0 spiro atoms. The molecule has 1 fully saturated rings. The van der Waals surface area contributed by atoms with Crippen molar-refractivity contribution in [2.24, 2.45) is 0 Å². The summed E-state index contributed by atoms with van der Waals surface area (Å²) < 4.78 is 60.4. The molecule has 0 aromatic carbocycles. The van der Waals surface area contributed by atoms with Crippen LogP contribution in [0.15, 0.2) is 18.3 Å². The Bertz CT molecular complexity index is 705. The minimum atomic E-state index is -3.04. The zero-order valence-electron chi connectivity index (χ0n) is 17.2. The lowest BCUT2D eigenvalue weighted by molar-refractivity contribution is 0.00578. The normalized spacial score (nSPS) is 25.6. The first-order valence-electron chi connectivity index (χ1n) is 8.73. The fourth-order valence-electron chi connectivity index (χ4n) is 1.55. The number of aromatic nitrogens is 1. The van der Waals surface area contributed by atoms with E-state index in [-0.39, 0.29) is 5.59 Å². The first-order chi connectivity index (χ1) is 11.2. The number of ether oxygens (including phenoxy) is 1. The van der Waals surface area contributed by atoms with Gasteiger partial charge in [-0.3, -0.25) is 4.98 Å². The third-order valence-corrected chi connectivity index (χ3v) is 3.38. The molecule has 1 aromatic rings. The SMILES string of the molecule is [2H]c1nc(B2OC(C)(C)C(C)(C)O2)c([2H])c(C(=O)OC([2H])([2H])[2H])c1[2H]. The maximum Gasteiger partial charge on any atom is 0.514 e. The monoisotopic (exact) mass is 269 g/mol. The van der Waals surface area contributed by atoms with Gasteiger partial charge in [0.25, 0.3) is 0 Å². The standard InChI is InChI=1S/C13H18BNO4/c1-12(2)13(3,4)19-14(18-12)10-8-9(6-7-15-10)11(16)17-5/h6-8H,1-5H3/i5D3,6D,7D,8D. The first kappa shape index (κ1) is 8.02. The van der Waals surface area contributed by atoms with E-state index in [2.05, 4.69) is 9.72 Å². The Balaban J connectivity index is 2.51. The van der Waals surface area contributed by atoms with Crippen molar-refractivity contribution >= 4 is 18.7 Å². The quantitative estimate of drug-likeness (QED) is 0.595. The predicted octanol–water partition coefficient (Wildman–Crippen LogP) is 1.17. The maximum atomic E-state index is 12.1. The molecule has 19 heavy (non-hydrogen) atoms. The van der Waals surface area contributed by atoms with E-state index in [1.54, 1.807) is 27.7 Å². The zero-order chi connectivity index (χ0) is 19.4. The topological polar surface area (TPSA) is 57.7 Å². The second-order valence-electron chi connectivity index (χ2n) is 5.21. The summed E-state index contributed by atoms with van der Waals surface area (Å²) >= 11 is 0. The van der Waals surface area contributed by atoms with Crippen LogP contribution < -0.4 is 5.59 Å². The molecule has 1 saturated heterocycles. The number of carbonyl (C=O) groups is 1. The number of hydrogen-bond donors (Lipinski definition) is 0. The van der Waals surface area contributed by atoms with Gasteiger partial charge in [-0.1, -0.05) is 0 Å². The van der Waals surface area contributed by atoms with Crippen LogP contribution in [0.1, 0.15) is 46.3 Å². The van der Waals surface area contributed by atoms with E-state index in [4.69, 9.17) is 17.5 Å². The number of methoxy groups -OCH3 is 1. The highest BCUT2D eigenvalue weighted by Crippen LogP contribution is 2.36. The van der Waals surface area contributed by atoms with Gasteiger partial charge in [0, 0.05) is 6.17 Å². The van der Waals surface area contributed by atoms with Crippen molar-refractivity contribution < 1.29 is 27.1 Å². The zero-order valence-corrected chi connectivity index (χ0v) is 11.2. The predicted molar refractivity (Wildman–Crippen MR) is 71.3 cm³/mol. The second-order valence-corrected chi connectivity index (χ2v) is 5.21. The van der Waals surface area contributed by atoms with Crippen LogP contribution >= 0.6 is 0 Å². The Kier molecular flexibility index (Phi) is 1.95. The number of hydrogen-bond acceptors (Lipinski definition) is 5. The maximum absolute atomic E-state index is 12.1. The fourth-order valence-corrected chi connectivity index (χ4v) is 1.55. The molecule has 1 aliphatic heterocycles.